The van der Waals surface area contributed by atoms with Crippen LogP contribution in [0.1, 0.15) is 10.5 Å². The second-order valence-corrected chi connectivity index (χ2v) is 3.95. The fourth-order valence-electron chi connectivity index (χ4n) is 1.46. The van der Waals surface area contributed by atoms with Crippen molar-refractivity contribution in [3.05, 3.63) is 46.9 Å². The van der Waals surface area contributed by atoms with Gasteiger partial charge in [-0.1, -0.05) is 11.6 Å². The van der Waals surface area contributed by atoms with E-state index < -0.39 is 5.97 Å². The summed E-state index contributed by atoms with van der Waals surface area (Å²) in [6.07, 6.45) is 0. The molecule has 0 aliphatic heterocycles. The molecule has 0 atom stereocenters. The van der Waals surface area contributed by atoms with Crippen molar-refractivity contribution in [2.75, 3.05) is 5.73 Å². The lowest BCUT2D eigenvalue weighted by Gasteiger charge is -2.07. The molecule has 0 unspecified atom stereocenters. The Balaban J connectivity index is 2.59. The van der Waals surface area contributed by atoms with Crippen LogP contribution in [0.15, 0.2) is 30.3 Å². The SMILES string of the molecule is Nc1cc(-c2ccc(F)cc2)nc(C(=O)O)c1Cl. The summed E-state index contributed by atoms with van der Waals surface area (Å²) in [5.41, 5.74) is 6.29. The first-order chi connectivity index (χ1) is 8.49. The number of hydrogen-bond donors (Lipinski definition) is 2. The minimum Gasteiger partial charge on any atom is -0.476 e. The first-order valence-electron chi connectivity index (χ1n) is 4.94. The molecule has 0 aliphatic rings. The molecule has 0 fully saturated rings. The van der Waals surface area contributed by atoms with Crippen molar-refractivity contribution in [1.29, 1.82) is 0 Å². The van der Waals surface area contributed by atoms with Gasteiger partial charge < -0.3 is 10.8 Å². The molecule has 2 rings (SSSR count). The van der Waals surface area contributed by atoms with Crippen molar-refractivity contribution >= 4 is 23.3 Å². The van der Waals surface area contributed by atoms with Gasteiger partial charge in [0.1, 0.15) is 5.82 Å². The third-order valence-corrected chi connectivity index (χ3v) is 2.73. The van der Waals surface area contributed by atoms with Crippen LogP contribution >= 0.6 is 11.6 Å². The van der Waals surface area contributed by atoms with E-state index >= 15 is 0 Å². The number of pyridine rings is 1. The van der Waals surface area contributed by atoms with Crippen LogP contribution in [-0.4, -0.2) is 16.1 Å². The van der Waals surface area contributed by atoms with Crippen molar-refractivity contribution in [2.24, 2.45) is 0 Å². The molecule has 0 aliphatic carbocycles. The van der Waals surface area contributed by atoms with Gasteiger partial charge in [0, 0.05) is 5.56 Å². The quantitative estimate of drug-likeness (QED) is 0.876. The maximum Gasteiger partial charge on any atom is 0.356 e. The van der Waals surface area contributed by atoms with E-state index in [0.717, 1.165) is 0 Å². The summed E-state index contributed by atoms with van der Waals surface area (Å²) in [7, 11) is 0. The number of carboxylic acid groups (broad SMARTS) is 1. The molecule has 3 N–H and O–H groups in total. The number of aromatic carboxylic acids is 1. The molecule has 0 radical (unpaired) electrons. The van der Waals surface area contributed by atoms with E-state index in [1.807, 2.05) is 0 Å². The molecule has 4 nitrogen and oxygen atoms in total. The highest BCUT2D eigenvalue weighted by Crippen LogP contribution is 2.28. The van der Waals surface area contributed by atoms with Gasteiger partial charge in [0.25, 0.3) is 0 Å². The minimum absolute atomic E-state index is 0.103. The summed E-state index contributed by atoms with van der Waals surface area (Å²) in [6.45, 7) is 0. The van der Waals surface area contributed by atoms with E-state index in [0.29, 0.717) is 11.3 Å². The van der Waals surface area contributed by atoms with E-state index in [9.17, 15) is 9.18 Å². The normalized spacial score (nSPS) is 10.3. The minimum atomic E-state index is -1.27. The number of hydrogen-bond acceptors (Lipinski definition) is 3. The molecule has 0 bridgehead atoms. The van der Waals surface area contributed by atoms with Crippen LogP contribution in [0.3, 0.4) is 0 Å². The lowest BCUT2D eigenvalue weighted by molar-refractivity contribution is 0.0691. The zero-order valence-corrected chi connectivity index (χ0v) is 9.78. The van der Waals surface area contributed by atoms with Crippen molar-refractivity contribution in [3.8, 4) is 11.3 Å². The zero-order valence-electron chi connectivity index (χ0n) is 9.02. The van der Waals surface area contributed by atoms with E-state index in [2.05, 4.69) is 4.98 Å². The number of nitrogen functional groups attached to an aromatic ring is 1. The van der Waals surface area contributed by atoms with Crippen molar-refractivity contribution in [1.82, 2.24) is 4.98 Å². The van der Waals surface area contributed by atoms with Crippen molar-refractivity contribution in [2.45, 2.75) is 0 Å². The molecule has 6 heteroatoms. The number of anilines is 1. The van der Waals surface area contributed by atoms with E-state index in [1.54, 1.807) is 0 Å². The predicted octanol–water partition coefficient (Wildman–Crippen LogP) is 2.82. The first-order valence-corrected chi connectivity index (χ1v) is 5.32. The van der Waals surface area contributed by atoms with E-state index in [1.165, 1.54) is 30.3 Å². The molecule has 2 aromatic rings. The molecule has 92 valence electrons. The first kappa shape index (κ1) is 12.3. The van der Waals surface area contributed by atoms with Gasteiger partial charge in [-0.3, -0.25) is 0 Å². The van der Waals surface area contributed by atoms with Crippen LogP contribution < -0.4 is 5.73 Å². The summed E-state index contributed by atoms with van der Waals surface area (Å²) < 4.78 is 12.8. The highest BCUT2D eigenvalue weighted by Gasteiger charge is 2.15. The summed E-state index contributed by atoms with van der Waals surface area (Å²) >= 11 is 5.74. The average molecular weight is 267 g/mol. The molecular formula is C12H8ClFN2O2. The summed E-state index contributed by atoms with van der Waals surface area (Å²) in [4.78, 5) is 14.8. The van der Waals surface area contributed by atoms with Crippen LogP contribution in [0, 0.1) is 5.82 Å². The Morgan fingerprint density at radius 1 is 1.33 bits per heavy atom. The number of aromatic nitrogens is 1. The fourth-order valence-corrected chi connectivity index (χ4v) is 1.64. The maximum absolute atomic E-state index is 12.8. The van der Waals surface area contributed by atoms with Crippen molar-refractivity contribution < 1.29 is 14.3 Å². The second-order valence-electron chi connectivity index (χ2n) is 3.57. The number of carboxylic acids is 1. The summed E-state index contributed by atoms with van der Waals surface area (Å²) in [5.74, 6) is -1.66. The van der Waals surface area contributed by atoms with Gasteiger partial charge in [-0.05, 0) is 30.3 Å². The van der Waals surface area contributed by atoms with Gasteiger partial charge in [0.05, 0.1) is 16.4 Å². The topological polar surface area (TPSA) is 76.2 Å². The van der Waals surface area contributed by atoms with Gasteiger partial charge in [-0.15, -0.1) is 0 Å². The van der Waals surface area contributed by atoms with Crippen LogP contribution in [0.2, 0.25) is 5.02 Å². The molecule has 0 amide bonds. The number of rotatable bonds is 2. The van der Waals surface area contributed by atoms with Gasteiger partial charge >= 0.3 is 5.97 Å². The zero-order chi connectivity index (χ0) is 13.3. The average Bonchev–Trinajstić information content (AvgIpc) is 2.33. The Morgan fingerprint density at radius 3 is 2.50 bits per heavy atom. The molecule has 0 saturated heterocycles. The third-order valence-electron chi connectivity index (χ3n) is 2.33. The van der Waals surface area contributed by atoms with Gasteiger partial charge in [0.15, 0.2) is 5.69 Å². The Bertz CT molecular complexity index is 614. The van der Waals surface area contributed by atoms with Crippen LogP contribution in [-0.2, 0) is 0 Å². The molecule has 18 heavy (non-hydrogen) atoms. The smallest absolute Gasteiger partial charge is 0.356 e. The highest BCUT2D eigenvalue weighted by atomic mass is 35.5. The van der Waals surface area contributed by atoms with Crippen LogP contribution in [0.5, 0.6) is 0 Å². The van der Waals surface area contributed by atoms with Gasteiger partial charge in [0.2, 0.25) is 0 Å². The van der Waals surface area contributed by atoms with Gasteiger partial charge in [-0.25, -0.2) is 14.2 Å². The summed E-state index contributed by atoms with van der Waals surface area (Å²) in [5, 5.41) is 8.84. The Hall–Kier alpha value is -2.14. The standard InChI is InChI=1S/C12H8ClFN2O2/c13-10-8(15)5-9(16-11(10)12(17)18)6-1-3-7(14)4-2-6/h1-5H,(H2,15,16)(H,17,18). The molecule has 1 aromatic heterocycles. The molecule has 0 saturated carbocycles. The Kier molecular flexibility index (Phi) is 3.16. The van der Waals surface area contributed by atoms with E-state index in [4.69, 9.17) is 22.4 Å². The lowest BCUT2D eigenvalue weighted by atomic mass is 10.1. The number of benzene rings is 1. The maximum atomic E-state index is 12.8. The molecule has 1 aromatic carbocycles. The number of halogens is 2. The van der Waals surface area contributed by atoms with Gasteiger partial charge in [-0.2, -0.15) is 0 Å². The van der Waals surface area contributed by atoms with E-state index in [-0.39, 0.29) is 22.2 Å². The molecule has 1 heterocycles. The number of nitrogens with zero attached hydrogens (tertiary/aromatic N) is 1. The van der Waals surface area contributed by atoms with Crippen LogP contribution in [0.4, 0.5) is 10.1 Å². The lowest BCUT2D eigenvalue weighted by Crippen LogP contribution is -2.05. The summed E-state index contributed by atoms with van der Waals surface area (Å²) in [6, 6.07) is 6.92. The highest BCUT2D eigenvalue weighted by molar-refractivity contribution is 6.35. The van der Waals surface area contributed by atoms with Crippen molar-refractivity contribution in [3.63, 3.8) is 0 Å². The third kappa shape index (κ3) is 2.26. The Labute approximate surface area is 107 Å². The number of carbonyl (C=O) groups is 1. The monoisotopic (exact) mass is 266 g/mol. The van der Waals surface area contributed by atoms with Crippen LogP contribution in [0.25, 0.3) is 11.3 Å². The molecular weight excluding hydrogens is 259 g/mol. The fraction of sp³-hybridized carbons (Fsp3) is 0. The number of nitrogens with two attached hydrogens (primary N) is 1. The molecule has 0 spiro atoms. The predicted molar refractivity (Wildman–Crippen MR) is 66.0 cm³/mol. The largest absolute Gasteiger partial charge is 0.476 e. The second kappa shape index (κ2) is 4.62. The Morgan fingerprint density at radius 2 is 1.94 bits per heavy atom.